The van der Waals surface area contributed by atoms with Gasteiger partial charge in [0.15, 0.2) is 0 Å². The molecule has 1 atom stereocenters. The lowest BCUT2D eigenvalue weighted by Crippen LogP contribution is -2.44. The summed E-state index contributed by atoms with van der Waals surface area (Å²) in [6.07, 6.45) is 0. The molecule has 1 heterocycles. The molecule has 4 nitrogen and oxygen atoms in total. The quantitative estimate of drug-likeness (QED) is 0.833. The van der Waals surface area contributed by atoms with Crippen LogP contribution in [0.4, 0.5) is 0 Å². The molecule has 1 rings (SSSR count). The SMILES string of the molecule is Cc1cccc(C(=O)NCC(C)(O)C(C)C)n1. The summed E-state index contributed by atoms with van der Waals surface area (Å²) >= 11 is 0. The Morgan fingerprint density at radius 1 is 1.53 bits per heavy atom. The molecule has 1 amide bonds. The standard InChI is InChI=1S/C13H20N2O2/c1-9(2)13(4,17)8-14-12(16)11-7-5-6-10(3)15-11/h5-7,9,17H,8H2,1-4H3,(H,14,16). The van der Waals surface area contributed by atoms with Crippen LogP contribution in [0, 0.1) is 12.8 Å². The second kappa shape index (κ2) is 5.27. The minimum atomic E-state index is -0.903. The number of hydrogen-bond donors (Lipinski definition) is 2. The maximum absolute atomic E-state index is 11.8. The fraction of sp³-hybridized carbons (Fsp3) is 0.538. The summed E-state index contributed by atoms with van der Waals surface area (Å²) in [5.74, 6) is -0.178. The van der Waals surface area contributed by atoms with Gasteiger partial charge in [0, 0.05) is 12.2 Å². The van der Waals surface area contributed by atoms with Gasteiger partial charge in [0.2, 0.25) is 0 Å². The Hall–Kier alpha value is -1.42. The normalized spacial score (nSPS) is 14.5. The third-order valence-corrected chi connectivity index (χ3v) is 2.97. The van der Waals surface area contributed by atoms with E-state index in [1.165, 1.54) is 0 Å². The molecule has 0 spiro atoms. The van der Waals surface area contributed by atoms with Crippen LogP contribution in [0.5, 0.6) is 0 Å². The first kappa shape index (κ1) is 13.6. The molecule has 0 aliphatic carbocycles. The highest BCUT2D eigenvalue weighted by Crippen LogP contribution is 2.14. The van der Waals surface area contributed by atoms with Crippen molar-refractivity contribution >= 4 is 5.91 Å². The van der Waals surface area contributed by atoms with Gasteiger partial charge in [-0.15, -0.1) is 0 Å². The molecule has 2 N–H and O–H groups in total. The predicted octanol–water partition coefficient (Wildman–Crippen LogP) is 1.53. The van der Waals surface area contributed by atoms with Crippen LogP contribution in [0.25, 0.3) is 0 Å². The van der Waals surface area contributed by atoms with E-state index >= 15 is 0 Å². The van der Waals surface area contributed by atoms with E-state index in [9.17, 15) is 9.90 Å². The molecule has 0 aromatic carbocycles. The average molecular weight is 236 g/mol. The van der Waals surface area contributed by atoms with Crippen molar-refractivity contribution in [2.75, 3.05) is 6.54 Å². The second-order valence-corrected chi connectivity index (χ2v) is 4.86. The van der Waals surface area contributed by atoms with E-state index in [-0.39, 0.29) is 18.4 Å². The van der Waals surface area contributed by atoms with E-state index in [0.29, 0.717) is 5.69 Å². The Morgan fingerprint density at radius 3 is 2.71 bits per heavy atom. The molecule has 1 unspecified atom stereocenters. The number of carbonyl (C=O) groups excluding carboxylic acids is 1. The maximum atomic E-state index is 11.8. The van der Waals surface area contributed by atoms with Crippen LogP contribution in [0.3, 0.4) is 0 Å². The van der Waals surface area contributed by atoms with E-state index in [0.717, 1.165) is 5.69 Å². The second-order valence-electron chi connectivity index (χ2n) is 4.86. The molecule has 4 heteroatoms. The van der Waals surface area contributed by atoms with Crippen LogP contribution in [0.1, 0.15) is 37.0 Å². The van der Waals surface area contributed by atoms with Crippen molar-refractivity contribution in [3.05, 3.63) is 29.6 Å². The lowest BCUT2D eigenvalue weighted by Gasteiger charge is -2.27. The molecule has 0 fully saturated rings. The molecule has 0 aliphatic heterocycles. The van der Waals surface area contributed by atoms with Crippen molar-refractivity contribution in [1.82, 2.24) is 10.3 Å². The Kier molecular flexibility index (Phi) is 4.23. The van der Waals surface area contributed by atoms with Crippen molar-refractivity contribution < 1.29 is 9.90 Å². The topological polar surface area (TPSA) is 62.2 Å². The van der Waals surface area contributed by atoms with Crippen molar-refractivity contribution in [3.63, 3.8) is 0 Å². The van der Waals surface area contributed by atoms with Gasteiger partial charge in [0.05, 0.1) is 5.60 Å². The van der Waals surface area contributed by atoms with Gasteiger partial charge in [-0.05, 0) is 31.9 Å². The Bertz CT molecular complexity index is 400. The lowest BCUT2D eigenvalue weighted by molar-refractivity contribution is 0.0142. The zero-order valence-corrected chi connectivity index (χ0v) is 10.8. The summed E-state index contributed by atoms with van der Waals surface area (Å²) in [4.78, 5) is 15.9. The molecule has 17 heavy (non-hydrogen) atoms. The number of aliphatic hydroxyl groups is 1. The molecule has 0 saturated carbocycles. The maximum Gasteiger partial charge on any atom is 0.269 e. The molecule has 0 aliphatic rings. The number of hydrogen-bond acceptors (Lipinski definition) is 3. The highest BCUT2D eigenvalue weighted by molar-refractivity contribution is 5.92. The molecule has 94 valence electrons. The van der Waals surface area contributed by atoms with Crippen LogP contribution in [0.2, 0.25) is 0 Å². The summed E-state index contributed by atoms with van der Waals surface area (Å²) in [6, 6.07) is 5.28. The number of rotatable bonds is 4. The van der Waals surface area contributed by atoms with Gasteiger partial charge in [0.25, 0.3) is 5.91 Å². The average Bonchev–Trinajstić information content (AvgIpc) is 2.25. The first-order valence-electron chi connectivity index (χ1n) is 5.77. The van der Waals surface area contributed by atoms with Crippen LogP contribution < -0.4 is 5.32 Å². The summed E-state index contributed by atoms with van der Waals surface area (Å²) in [7, 11) is 0. The van der Waals surface area contributed by atoms with Crippen molar-refractivity contribution in [2.24, 2.45) is 5.92 Å². The van der Waals surface area contributed by atoms with E-state index in [1.54, 1.807) is 19.1 Å². The molecule has 0 radical (unpaired) electrons. The number of amides is 1. The first-order valence-corrected chi connectivity index (χ1v) is 5.77. The molecule has 0 saturated heterocycles. The van der Waals surface area contributed by atoms with E-state index < -0.39 is 5.60 Å². The van der Waals surface area contributed by atoms with E-state index in [2.05, 4.69) is 10.3 Å². The van der Waals surface area contributed by atoms with Gasteiger partial charge in [-0.3, -0.25) is 4.79 Å². The van der Waals surface area contributed by atoms with Gasteiger partial charge in [-0.2, -0.15) is 0 Å². The van der Waals surface area contributed by atoms with Crippen LogP contribution in [-0.2, 0) is 0 Å². The van der Waals surface area contributed by atoms with Gasteiger partial charge in [0.1, 0.15) is 5.69 Å². The highest BCUT2D eigenvalue weighted by Gasteiger charge is 2.25. The monoisotopic (exact) mass is 236 g/mol. The number of aromatic nitrogens is 1. The highest BCUT2D eigenvalue weighted by atomic mass is 16.3. The number of pyridine rings is 1. The molecular formula is C13H20N2O2. The zero-order chi connectivity index (χ0) is 13.1. The largest absolute Gasteiger partial charge is 0.388 e. The summed E-state index contributed by atoms with van der Waals surface area (Å²) in [6.45, 7) is 7.59. The number of nitrogens with one attached hydrogen (secondary N) is 1. The van der Waals surface area contributed by atoms with Gasteiger partial charge in [-0.25, -0.2) is 4.98 Å². The van der Waals surface area contributed by atoms with Crippen molar-refractivity contribution in [1.29, 1.82) is 0 Å². The number of aryl methyl sites for hydroxylation is 1. The van der Waals surface area contributed by atoms with Crippen LogP contribution in [-0.4, -0.2) is 28.1 Å². The van der Waals surface area contributed by atoms with Gasteiger partial charge in [-0.1, -0.05) is 19.9 Å². The van der Waals surface area contributed by atoms with E-state index in [1.807, 2.05) is 26.8 Å². The van der Waals surface area contributed by atoms with Crippen molar-refractivity contribution in [3.8, 4) is 0 Å². The third kappa shape index (κ3) is 3.82. The number of nitrogens with zero attached hydrogens (tertiary/aromatic N) is 1. The summed E-state index contributed by atoms with van der Waals surface area (Å²) < 4.78 is 0. The van der Waals surface area contributed by atoms with E-state index in [4.69, 9.17) is 0 Å². The van der Waals surface area contributed by atoms with Crippen molar-refractivity contribution in [2.45, 2.75) is 33.3 Å². The third-order valence-electron chi connectivity index (χ3n) is 2.97. The predicted molar refractivity (Wildman–Crippen MR) is 66.8 cm³/mol. The first-order chi connectivity index (χ1) is 7.83. The fourth-order valence-electron chi connectivity index (χ4n) is 1.22. The van der Waals surface area contributed by atoms with Gasteiger partial charge >= 0.3 is 0 Å². The lowest BCUT2D eigenvalue weighted by atomic mass is 9.92. The molecule has 1 aromatic rings. The Morgan fingerprint density at radius 2 is 2.18 bits per heavy atom. The number of carbonyl (C=O) groups is 1. The van der Waals surface area contributed by atoms with Crippen LogP contribution in [0.15, 0.2) is 18.2 Å². The zero-order valence-electron chi connectivity index (χ0n) is 10.8. The Labute approximate surface area is 102 Å². The fourth-order valence-corrected chi connectivity index (χ4v) is 1.22. The summed E-state index contributed by atoms with van der Waals surface area (Å²) in [5, 5.41) is 12.7. The molecule has 1 aromatic heterocycles. The Balaban J connectivity index is 2.62. The smallest absolute Gasteiger partial charge is 0.269 e. The molecular weight excluding hydrogens is 216 g/mol. The summed E-state index contributed by atoms with van der Waals surface area (Å²) in [5.41, 5.74) is 0.275. The minimum absolute atomic E-state index is 0.0771. The van der Waals surface area contributed by atoms with Gasteiger partial charge < -0.3 is 10.4 Å². The molecule has 0 bridgehead atoms. The van der Waals surface area contributed by atoms with Crippen LogP contribution >= 0.6 is 0 Å². The minimum Gasteiger partial charge on any atom is -0.388 e.